The number of Topliss-reactive ketones (excluding diaryl/α,β-unsaturated/α-hetero) is 2. The van der Waals surface area contributed by atoms with E-state index in [0.717, 1.165) is 95.0 Å². The first-order chi connectivity index (χ1) is 22.2. The molecule has 0 amide bonds. The standard InChI is InChI=1S/C37H61N3O6/c1-4-6-12-26(22-39-5-2)24-45-34(44)37-33(43)30-14-9-8-13-29(30)32(42)36(37,46-37)21-27(23-41)25(3)20-35(16-10-7-11-17-35)28-15-18-40-31(38)19-28/h26,28-31,39-41H,4-24,38H2,1-3H3/p+2. The second-order valence-corrected chi connectivity index (χ2v) is 15.6. The summed E-state index contributed by atoms with van der Waals surface area (Å²) in [6.07, 6.45) is 15.2. The lowest BCUT2D eigenvalue weighted by Crippen LogP contribution is -2.95. The quantitative estimate of drug-likeness (QED) is 0.0925. The highest BCUT2D eigenvalue weighted by molar-refractivity contribution is 6.23. The Kier molecular flexibility index (Phi) is 11.8. The minimum absolute atomic E-state index is 0.0785. The predicted octanol–water partition coefficient (Wildman–Crippen LogP) is 2.68. The van der Waals surface area contributed by atoms with Gasteiger partial charge in [0.25, 0.3) is 5.60 Å². The lowest BCUT2D eigenvalue weighted by atomic mass is 9.59. The molecule has 2 heterocycles. The van der Waals surface area contributed by atoms with Crippen molar-refractivity contribution in [1.82, 2.24) is 0 Å². The molecule has 3 aliphatic carbocycles. The van der Waals surface area contributed by atoms with Crippen molar-refractivity contribution in [3.63, 3.8) is 0 Å². The molecule has 9 nitrogen and oxygen atoms in total. The molecule has 0 aromatic carbocycles. The molecular formula is C37H63N3O6+2. The fraction of sp³-hybridized carbons (Fsp3) is 0.865. The topological polar surface area (TPSA) is 152 Å². The van der Waals surface area contributed by atoms with E-state index in [1.807, 2.05) is 0 Å². The smallest absolute Gasteiger partial charge is 0.350 e. The number of nitrogens with two attached hydrogens (primary N) is 3. The molecule has 260 valence electrons. The van der Waals surface area contributed by atoms with E-state index < -0.39 is 29.0 Å². The molecule has 3 saturated carbocycles. The van der Waals surface area contributed by atoms with Gasteiger partial charge >= 0.3 is 5.97 Å². The van der Waals surface area contributed by atoms with Gasteiger partial charge in [0.15, 0.2) is 17.2 Å². The Hall–Kier alpha value is -1.65. The lowest BCUT2D eigenvalue weighted by molar-refractivity contribution is -0.700. The molecule has 0 aromatic rings. The largest absolute Gasteiger partial charge is 0.463 e. The number of allylic oxidation sites excluding steroid dienone is 1. The van der Waals surface area contributed by atoms with E-state index in [-0.39, 0.29) is 48.7 Å². The monoisotopic (exact) mass is 645 g/mol. The summed E-state index contributed by atoms with van der Waals surface area (Å²) in [6.45, 7) is 9.17. The van der Waals surface area contributed by atoms with Crippen LogP contribution in [-0.4, -0.2) is 72.9 Å². The summed E-state index contributed by atoms with van der Waals surface area (Å²) in [6, 6.07) is 0. The fourth-order valence-electron chi connectivity index (χ4n) is 9.93. The van der Waals surface area contributed by atoms with Gasteiger partial charge < -0.3 is 25.2 Å². The van der Waals surface area contributed by atoms with E-state index in [2.05, 4.69) is 31.4 Å². The van der Waals surface area contributed by atoms with Crippen molar-refractivity contribution in [1.29, 1.82) is 0 Å². The first-order valence-corrected chi connectivity index (χ1v) is 18.8. The molecule has 46 heavy (non-hydrogen) atoms. The number of rotatable bonds is 15. The van der Waals surface area contributed by atoms with Crippen LogP contribution in [0.5, 0.6) is 0 Å². The number of carbonyl (C=O) groups excluding carboxylic acids is 3. The highest BCUT2D eigenvalue weighted by atomic mass is 16.7. The number of quaternary nitrogens is 2. The Bertz CT molecular complexity index is 1130. The summed E-state index contributed by atoms with van der Waals surface area (Å²) in [5.74, 6) is -1.30. The van der Waals surface area contributed by atoms with Crippen molar-refractivity contribution in [3.05, 3.63) is 11.1 Å². The molecule has 5 aliphatic rings. The van der Waals surface area contributed by atoms with E-state index >= 15 is 0 Å². The molecule has 0 radical (unpaired) electrons. The van der Waals surface area contributed by atoms with Crippen LogP contribution in [0.1, 0.15) is 124 Å². The van der Waals surface area contributed by atoms with Gasteiger partial charge in [-0.05, 0) is 69.3 Å². The van der Waals surface area contributed by atoms with Gasteiger partial charge in [0.2, 0.25) is 0 Å². The zero-order chi connectivity index (χ0) is 33.0. The Morgan fingerprint density at radius 3 is 2.43 bits per heavy atom. The summed E-state index contributed by atoms with van der Waals surface area (Å²) in [7, 11) is 0. The highest BCUT2D eigenvalue weighted by Gasteiger charge is 2.87. The third-order valence-electron chi connectivity index (χ3n) is 12.7. The minimum Gasteiger partial charge on any atom is -0.463 e. The fourth-order valence-corrected chi connectivity index (χ4v) is 9.93. The molecule has 2 aliphatic heterocycles. The van der Waals surface area contributed by atoms with Crippen molar-refractivity contribution in [2.75, 3.05) is 32.8 Å². The molecule has 0 spiro atoms. The number of esters is 1. The van der Waals surface area contributed by atoms with Gasteiger partial charge in [-0.25, -0.2) is 4.79 Å². The Balaban J connectivity index is 1.42. The van der Waals surface area contributed by atoms with Gasteiger partial charge in [-0.3, -0.25) is 15.3 Å². The summed E-state index contributed by atoms with van der Waals surface area (Å²) in [5, 5.41) is 15.3. The van der Waals surface area contributed by atoms with Crippen LogP contribution >= 0.6 is 0 Å². The molecule has 0 bridgehead atoms. The van der Waals surface area contributed by atoms with Gasteiger partial charge in [0.05, 0.1) is 32.8 Å². The van der Waals surface area contributed by atoms with Crippen LogP contribution in [0.3, 0.4) is 0 Å². The molecule has 7 unspecified atom stereocenters. The van der Waals surface area contributed by atoms with E-state index in [9.17, 15) is 19.5 Å². The number of unbranched alkanes of at least 4 members (excludes halogenated alkanes) is 1. The van der Waals surface area contributed by atoms with Crippen LogP contribution in [0.4, 0.5) is 0 Å². The Morgan fingerprint density at radius 1 is 1.07 bits per heavy atom. The number of aliphatic hydroxyl groups excluding tert-OH is 1. The van der Waals surface area contributed by atoms with Crippen molar-refractivity contribution in [2.45, 2.75) is 141 Å². The normalized spacial score (nSPS) is 35.1. The van der Waals surface area contributed by atoms with Crippen molar-refractivity contribution < 1.29 is 39.6 Å². The minimum atomic E-state index is -1.89. The van der Waals surface area contributed by atoms with Crippen LogP contribution in [0.2, 0.25) is 0 Å². The predicted molar refractivity (Wildman–Crippen MR) is 175 cm³/mol. The maximum absolute atomic E-state index is 14.4. The molecule has 2 saturated heterocycles. The highest BCUT2D eigenvalue weighted by Crippen LogP contribution is 2.62. The molecule has 7 N–H and O–H groups in total. The van der Waals surface area contributed by atoms with Crippen LogP contribution < -0.4 is 16.4 Å². The first kappa shape index (κ1) is 35.7. The van der Waals surface area contributed by atoms with Crippen molar-refractivity contribution in [3.8, 4) is 0 Å². The third-order valence-corrected chi connectivity index (χ3v) is 12.7. The van der Waals surface area contributed by atoms with E-state index in [4.69, 9.17) is 15.2 Å². The first-order valence-electron chi connectivity index (χ1n) is 18.8. The average molecular weight is 646 g/mol. The lowest BCUT2D eigenvalue weighted by Gasteiger charge is -2.46. The van der Waals surface area contributed by atoms with Crippen LogP contribution in [-0.2, 0) is 23.9 Å². The van der Waals surface area contributed by atoms with Crippen LogP contribution in [0.15, 0.2) is 11.1 Å². The molecule has 5 rings (SSSR count). The number of epoxide rings is 1. The number of ether oxygens (including phenoxy) is 2. The van der Waals surface area contributed by atoms with E-state index in [0.29, 0.717) is 18.8 Å². The molecule has 0 aromatic heterocycles. The Morgan fingerprint density at radius 2 is 1.78 bits per heavy atom. The van der Waals surface area contributed by atoms with Gasteiger partial charge in [-0.15, -0.1) is 0 Å². The number of ketones is 2. The zero-order valence-corrected chi connectivity index (χ0v) is 29.0. The van der Waals surface area contributed by atoms with Crippen molar-refractivity contribution >= 4 is 17.5 Å². The molecule has 5 fully saturated rings. The van der Waals surface area contributed by atoms with Gasteiger partial charge in [0, 0.05) is 37.0 Å². The van der Waals surface area contributed by atoms with Gasteiger partial charge in [0.1, 0.15) is 6.17 Å². The zero-order valence-electron chi connectivity index (χ0n) is 29.0. The second-order valence-electron chi connectivity index (χ2n) is 15.6. The number of piperidine rings is 1. The number of hydrogen-bond acceptors (Lipinski definition) is 7. The SMILES string of the molecule is CCCCC(C[NH2+]CC)COC(=O)C12OC1(CC(CO)=C(C)CC1(C3CC[NH2+]C(N)C3)CCCCC1)C(=O)C1CCCCC1C2=O. The van der Waals surface area contributed by atoms with Crippen molar-refractivity contribution in [2.24, 2.45) is 34.8 Å². The number of carbonyl (C=O) groups is 3. The number of aliphatic hydroxyl groups is 1. The third kappa shape index (κ3) is 6.78. The molecule has 7 atom stereocenters. The number of fused-ring (bicyclic) bond motifs is 2. The summed E-state index contributed by atoms with van der Waals surface area (Å²) >= 11 is 0. The van der Waals surface area contributed by atoms with E-state index in [1.165, 1.54) is 19.3 Å². The summed E-state index contributed by atoms with van der Waals surface area (Å²) in [5.41, 5.74) is 4.90. The van der Waals surface area contributed by atoms with E-state index in [1.54, 1.807) is 0 Å². The van der Waals surface area contributed by atoms with Crippen LogP contribution in [0, 0.1) is 29.1 Å². The number of hydrogen-bond donors (Lipinski definition) is 4. The van der Waals surface area contributed by atoms with Gasteiger partial charge in [-0.1, -0.05) is 57.4 Å². The molecular weight excluding hydrogens is 582 g/mol. The average Bonchev–Trinajstić information content (AvgIpc) is 3.77. The maximum Gasteiger partial charge on any atom is 0.350 e. The van der Waals surface area contributed by atoms with Crippen LogP contribution in [0.25, 0.3) is 0 Å². The Labute approximate surface area is 276 Å². The van der Waals surface area contributed by atoms with Gasteiger partial charge in [-0.2, -0.15) is 0 Å². The summed E-state index contributed by atoms with van der Waals surface area (Å²) in [4.78, 5) is 42.7. The second kappa shape index (κ2) is 15.3. The molecule has 9 heteroatoms. The summed E-state index contributed by atoms with van der Waals surface area (Å²) < 4.78 is 12.3. The maximum atomic E-state index is 14.4.